The number of aromatic nitrogens is 3. The fourth-order valence-electron chi connectivity index (χ4n) is 1.97. The molecule has 0 unspecified atom stereocenters. The van der Waals surface area contributed by atoms with E-state index in [1.54, 1.807) is 28.9 Å². The van der Waals surface area contributed by atoms with Gasteiger partial charge in [0.25, 0.3) is 0 Å². The van der Waals surface area contributed by atoms with Gasteiger partial charge in [0, 0.05) is 5.75 Å². The first-order chi connectivity index (χ1) is 10.7. The van der Waals surface area contributed by atoms with Crippen LogP contribution in [0.4, 0.5) is 8.78 Å². The molecule has 0 bridgehead atoms. The van der Waals surface area contributed by atoms with Crippen LogP contribution < -0.4 is 0 Å². The molecule has 0 saturated heterocycles. The summed E-state index contributed by atoms with van der Waals surface area (Å²) in [5.41, 5.74) is 1.97. The SMILES string of the molecule is Fc1ccc(CSc2ncnn2Cc2ccc(F)cc2)cc1. The lowest BCUT2D eigenvalue weighted by Gasteiger charge is -2.06. The zero-order valence-electron chi connectivity index (χ0n) is 11.6. The summed E-state index contributed by atoms with van der Waals surface area (Å²) < 4.78 is 27.6. The maximum absolute atomic E-state index is 12.9. The minimum absolute atomic E-state index is 0.242. The van der Waals surface area contributed by atoms with Gasteiger partial charge in [-0.25, -0.2) is 18.4 Å². The Morgan fingerprint density at radius 3 is 2.09 bits per heavy atom. The molecule has 0 atom stereocenters. The molecule has 0 radical (unpaired) electrons. The van der Waals surface area contributed by atoms with Gasteiger partial charge in [-0.15, -0.1) is 0 Å². The van der Waals surface area contributed by atoms with Crippen molar-refractivity contribution in [2.24, 2.45) is 0 Å². The van der Waals surface area contributed by atoms with Crippen LogP contribution in [0.1, 0.15) is 11.1 Å². The third-order valence-electron chi connectivity index (χ3n) is 3.11. The van der Waals surface area contributed by atoms with E-state index < -0.39 is 0 Å². The van der Waals surface area contributed by atoms with Crippen molar-refractivity contribution in [1.29, 1.82) is 0 Å². The third-order valence-corrected chi connectivity index (χ3v) is 4.16. The largest absolute Gasteiger partial charge is 0.236 e. The molecule has 3 aromatic rings. The van der Waals surface area contributed by atoms with Gasteiger partial charge >= 0.3 is 0 Å². The van der Waals surface area contributed by atoms with Crippen LogP contribution in [0.2, 0.25) is 0 Å². The van der Waals surface area contributed by atoms with Gasteiger partial charge in [0.1, 0.15) is 18.0 Å². The molecule has 0 amide bonds. The van der Waals surface area contributed by atoms with Crippen LogP contribution in [0.5, 0.6) is 0 Å². The monoisotopic (exact) mass is 317 g/mol. The summed E-state index contributed by atoms with van der Waals surface area (Å²) in [7, 11) is 0. The van der Waals surface area contributed by atoms with Crippen molar-refractivity contribution >= 4 is 11.8 Å². The van der Waals surface area contributed by atoms with Crippen LogP contribution in [-0.4, -0.2) is 14.8 Å². The number of nitrogens with zero attached hydrogens (tertiary/aromatic N) is 3. The van der Waals surface area contributed by atoms with Crippen molar-refractivity contribution in [1.82, 2.24) is 14.8 Å². The molecule has 2 aromatic carbocycles. The van der Waals surface area contributed by atoms with Crippen molar-refractivity contribution in [3.05, 3.63) is 77.6 Å². The summed E-state index contributed by atoms with van der Waals surface area (Å²) in [5, 5.41) is 4.96. The Morgan fingerprint density at radius 1 is 0.864 bits per heavy atom. The van der Waals surface area contributed by atoms with Crippen LogP contribution in [0.15, 0.2) is 60.0 Å². The number of halogens is 2. The van der Waals surface area contributed by atoms with E-state index in [1.165, 1.54) is 42.4 Å². The summed E-state index contributed by atoms with van der Waals surface area (Å²) in [6.07, 6.45) is 1.50. The summed E-state index contributed by atoms with van der Waals surface area (Å²) in [6, 6.07) is 12.7. The smallest absolute Gasteiger partial charge is 0.186 e. The maximum Gasteiger partial charge on any atom is 0.186 e. The summed E-state index contributed by atoms with van der Waals surface area (Å²) in [4.78, 5) is 4.23. The highest BCUT2D eigenvalue weighted by Gasteiger charge is 2.07. The molecule has 3 nitrogen and oxygen atoms in total. The molecule has 6 heteroatoms. The Kier molecular flexibility index (Phi) is 4.48. The molecular formula is C16H13F2N3S. The normalized spacial score (nSPS) is 10.8. The predicted octanol–water partition coefficient (Wildman–Crippen LogP) is 3.90. The Balaban J connectivity index is 1.66. The average molecular weight is 317 g/mol. The van der Waals surface area contributed by atoms with E-state index in [2.05, 4.69) is 10.1 Å². The fraction of sp³-hybridized carbons (Fsp3) is 0.125. The minimum atomic E-state index is -0.256. The topological polar surface area (TPSA) is 30.7 Å². The van der Waals surface area contributed by atoms with E-state index >= 15 is 0 Å². The van der Waals surface area contributed by atoms with Crippen LogP contribution in [0.3, 0.4) is 0 Å². The number of thioether (sulfide) groups is 1. The highest BCUT2D eigenvalue weighted by molar-refractivity contribution is 7.98. The van der Waals surface area contributed by atoms with Crippen molar-refractivity contribution in [3.8, 4) is 0 Å². The molecule has 22 heavy (non-hydrogen) atoms. The molecule has 1 aromatic heterocycles. The van der Waals surface area contributed by atoms with Crippen molar-refractivity contribution in [2.45, 2.75) is 17.5 Å². The molecule has 0 spiro atoms. The lowest BCUT2D eigenvalue weighted by molar-refractivity contribution is 0.609. The third kappa shape index (κ3) is 3.71. The molecule has 1 heterocycles. The average Bonchev–Trinajstić information content (AvgIpc) is 2.96. The number of hydrogen-bond acceptors (Lipinski definition) is 3. The molecule has 0 saturated carbocycles. The van der Waals surface area contributed by atoms with Crippen LogP contribution >= 0.6 is 11.8 Å². The lowest BCUT2D eigenvalue weighted by atomic mass is 10.2. The summed E-state index contributed by atoms with van der Waals surface area (Å²) >= 11 is 1.53. The first-order valence-corrected chi connectivity index (χ1v) is 7.69. The van der Waals surface area contributed by atoms with Gasteiger partial charge in [-0.1, -0.05) is 36.0 Å². The second-order valence-corrected chi connectivity index (χ2v) is 5.68. The zero-order chi connectivity index (χ0) is 15.4. The lowest BCUT2D eigenvalue weighted by Crippen LogP contribution is -2.03. The van der Waals surface area contributed by atoms with Gasteiger partial charge in [0.15, 0.2) is 5.16 Å². The Hall–Kier alpha value is -2.21. The van der Waals surface area contributed by atoms with E-state index in [9.17, 15) is 8.78 Å². The predicted molar refractivity (Wildman–Crippen MR) is 81.5 cm³/mol. The van der Waals surface area contributed by atoms with Gasteiger partial charge in [0.2, 0.25) is 0 Å². The highest BCUT2D eigenvalue weighted by Crippen LogP contribution is 2.21. The van der Waals surface area contributed by atoms with E-state index in [4.69, 9.17) is 0 Å². The second-order valence-electron chi connectivity index (χ2n) is 4.74. The van der Waals surface area contributed by atoms with Gasteiger partial charge < -0.3 is 0 Å². The van der Waals surface area contributed by atoms with Crippen LogP contribution in [0, 0.1) is 11.6 Å². The fourth-order valence-corrected chi connectivity index (χ4v) is 2.84. The first kappa shape index (κ1) is 14.7. The van der Waals surface area contributed by atoms with E-state index in [0.717, 1.165) is 16.3 Å². The maximum atomic E-state index is 12.9. The zero-order valence-corrected chi connectivity index (χ0v) is 12.4. The molecule has 0 aliphatic carbocycles. The van der Waals surface area contributed by atoms with E-state index in [-0.39, 0.29) is 11.6 Å². The first-order valence-electron chi connectivity index (χ1n) is 6.70. The van der Waals surface area contributed by atoms with Crippen molar-refractivity contribution in [2.75, 3.05) is 0 Å². The molecule has 0 aliphatic rings. The summed E-state index contributed by atoms with van der Waals surface area (Å²) in [6.45, 7) is 0.534. The van der Waals surface area contributed by atoms with Crippen LogP contribution in [0.25, 0.3) is 0 Å². The Morgan fingerprint density at radius 2 is 1.45 bits per heavy atom. The van der Waals surface area contributed by atoms with Crippen LogP contribution in [-0.2, 0) is 12.3 Å². The highest BCUT2D eigenvalue weighted by atomic mass is 32.2. The van der Waals surface area contributed by atoms with Gasteiger partial charge in [0.05, 0.1) is 6.54 Å². The van der Waals surface area contributed by atoms with Crippen molar-refractivity contribution < 1.29 is 8.78 Å². The molecule has 112 valence electrons. The van der Waals surface area contributed by atoms with Gasteiger partial charge in [-0.05, 0) is 35.4 Å². The number of rotatable bonds is 5. The number of hydrogen-bond donors (Lipinski definition) is 0. The Labute approximate surface area is 131 Å². The molecule has 0 fully saturated rings. The summed E-state index contributed by atoms with van der Waals surface area (Å²) in [5.74, 6) is 0.184. The molecular weight excluding hydrogens is 304 g/mol. The number of benzene rings is 2. The van der Waals surface area contributed by atoms with Gasteiger partial charge in [-0.3, -0.25) is 0 Å². The van der Waals surface area contributed by atoms with Gasteiger partial charge in [-0.2, -0.15) is 5.10 Å². The van der Waals surface area contributed by atoms with E-state index in [0.29, 0.717) is 12.3 Å². The van der Waals surface area contributed by atoms with Crippen molar-refractivity contribution in [3.63, 3.8) is 0 Å². The minimum Gasteiger partial charge on any atom is -0.236 e. The molecule has 0 N–H and O–H groups in total. The van der Waals surface area contributed by atoms with E-state index in [1.807, 2.05) is 0 Å². The Bertz CT molecular complexity index is 739. The second kappa shape index (κ2) is 6.70. The molecule has 3 rings (SSSR count). The standard InChI is InChI=1S/C16H13F2N3S/c17-14-5-1-12(2-6-14)9-21-16(19-11-20-21)22-10-13-3-7-15(18)8-4-13/h1-8,11H,9-10H2. The quantitative estimate of drug-likeness (QED) is 0.669. The molecule has 0 aliphatic heterocycles.